The van der Waals surface area contributed by atoms with E-state index in [1.54, 1.807) is 24.8 Å². The fourth-order valence-corrected chi connectivity index (χ4v) is 4.27. The first-order valence-corrected chi connectivity index (χ1v) is 10.2. The molecule has 31 heavy (non-hydrogen) atoms. The number of anilines is 1. The highest BCUT2D eigenvalue weighted by Crippen LogP contribution is 2.36. The molecule has 0 aliphatic carbocycles. The SMILES string of the molecule is CCOC(=O)[C@H]1CN(c2ccc(C=C3C(=O)ON=C3C(F)(F)F)s2)C[C@H]1C(=O)OCC. The van der Waals surface area contributed by atoms with E-state index in [2.05, 4.69) is 9.99 Å². The van der Waals surface area contributed by atoms with Gasteiger partial charge in [0.15, 0.2) is 5.71 Å². The minimum Gasteiger partial charge on any atom is -0.466 e. The molecule has 2 aliphatic rings. The summed E-state index contributed by atoms with van der Waals surface area (Å²) in [4.78, 5) is 42.5. The van der Waals surface area contributed by atoms with E-state index >= 15 is 0 Å². The number of esters is 2. The highest BCUT2D eigenvalue weighted by atomic mass is 32.1. The summed E-state index contributed by atoms with van der Waals surface area (Å²) in [6.45, 7) is 4.04. The summed E-state index contributed by atoms with van der Waals surface area (Å²) in [5.41, 5.74) is -2.07. The molecule has 0 N–H and O–H groups in total. The van der Waals surface area contributed by atoms with Gasteiger partial charge in [-0.05, 0) is 32.1 Å². The van der Waals surface area contributed by atoms with Gasteiger partial charge < -0.3 is 19.2 Å². The predicted octanol–water partition coefficient (Wildman–Crippen LogP) is 2.79. The van der Waals surface area contributed by atoms with E-state index in [9.17, 15) is 27.6 Å². The summed E-state index contributed by atoms with van der Waals surface area (Å²) < 4.78 is 49.1. The molecule has 0 saturated carbocycles. The lowest BCUT2D eigenvalue weighted by atomic mass is 9.96. The van der Waals surface area contributed by atoms with Crippen molar-refractivity contribution < 1.29 is 41.9 Å². The first-order chi connectivity index (χ1) is 14.7. The fourth-order valence-electron chi connectivity index (χ4n) is 3.31. The monoisotopic (exact) mass is 460 g/mol. The van der Waals surface area contributed by atoms with Crippen molar-refractivity contribution in [2.75, 3.05) is 31.2 Å². The van der Waals surface area contributed by atoms with Crippen molar-refractivity contribution in [3.05, 3.63) is 22.6 Å². The maximum atomic E-state index is 13.0. The minimum absolute atomic E-state index is 0.167. The van der Waals surface area contributed by atoms with Crippen LogP contribution in [0.5, 0.6) is 0 Å². The molecule has 168 valence electrons. The topological polar surface area (TPSA) is 94.5 Å². The van der Waals surface area contributed by atoms with E-state index in [1.165, 1.54) is 6.07 Å². The van der Waals surface area contributed by atoms with Gasteiger partial charge in [0.25, 0.3) is 0 Å². The lowest BCUT2D eigenvalue weighted by molar-refractivity contribution is -0.157. The summed E-state index contributed by atoms with van der Waals surface area (Å²) >= 11 is 1.10. The Bertz CT molecular complexity index is 913. The van der Waals surface area contributed by atoms with Crippen molar-refractivity contribution in [2.45, 2.75) is 20.0 Å². The lowest BCUT2D eigenvalue weighted by Crippen LogP contribution is -2.31. The van der Waals surface area contributed by atoms with E-state index in [0.29, 0.717) is 9.88 Å². The third-order valence-corrected chi connectivity index (χ3v) is 5.77. The Morgan fingerprint density at radius 3 is 2.29 bits per heavy atom. The first-order valence-electron chi connectivity index (χ1n) is 9.42. The van der Waals surface area contributed by atoms with Crippen molar-refractivity contribution in [3.8, 4) is 0 Å². The summed E-state index contributed by atoms with van der Waals surface area (Å²) in [5, 5.41) is 3.42. The van der Waals surface area contributed by atoms with Crippen LogP contribution in [0.2, 0.25) is 0 Å². The normalized spacial score (nSPS) is 22.5. The Hall–Kier alpha value is -2.89. The molecule has 0 spiro atoms. The van der Waals surface area contributed by atoms with Crippen LogP contribution in [0.3, 0.4) is 0 Å². The molecule has 1 aromatic heterocycles. The number of carbonyl (C=O) groups excluding carboxylic acids is 3. The second-order valence-electron chi connectivity index (χ2n) is 6.67. The van der Waals surface area contributed by atoms with Gasteiger partial charge in [0.05, 0.1) is 35.6 Å². The van der Waals surface area contributed by atoms with Gasteiger partial charge in [0.1, 0.15) is 0 Å². The van der Waals surface area contributed by atoms with Gasteiger partial charge in [-0.3, -0.25) is 9.59 Å². The Labute approximate surface area is 179 Å². The average molecular weight is 460 g/mol. The number of ether oxygens (including phenoxy) is 2. The number of carbonyl (C=O) groups is 3. The molecule has 0 unspecified atom stereocenters. The van der Waals surface area contributed by atoms with Gasteiger partial charge in [-0.15, -0.1) is 11.3 Å². The number of alkyl halides is 3. The zero-order valence-corrected chi connectivity index (χ0v) is 17.4. The van der Waals surface area contributed by atoms with Crippen LogP contribution in [0.1, 0.15) is 18.7 Å². The van der Waals surface area contributed by atoms with Crippen LogP contribution < -0.4 is 4.90 Å². The molecular weight excluding hydrogens is 441 g/mol. The molecule has 0 amide bonds. The molecule has 2 aliphatic heterocycles. The van der Waals surface area contributed by atoms with E-state index in [4.69, 9.17) is 9.47 Å². The third-order valence-electron chi connectivity index (χ3n) is 4.67. The minimum atomic E-state index is -4.83. The Morgan fingerprint density at radius 2 is 1.77 bits per heavy atom. The number of halogens is 3. The van der Waals surface area contributed by atoms with E-state index < -0.39 is 47.2 Å². The molecule has 1 saturated heterocycles. The van der Waals surface area contributed by atoms with Crippen molar-refractivity contribution in [3.63, 3.8) is 0 Å². The van der Waals surface area contributed by atoms with Crippen LogP contribution in [-0.2, 0) is 28.7 Å². The third kappa shape index (κ3) is 4.89. The summed E-state index contributed by atoms with van der Waals surface area (Å²) in [6.07, 6.45) is -3.77. The molecule has 0 aromatic carbocycles. The Balaban J connectivity index is 1.82. The van der Waals surface area contributed by atoms with Crippen molar-refractivity contribution >= 4 is 46.0 Å². The molecular formula is C19H19F3N2O6S. The second kappa shape index (κ2) is 9.08. The highest BCUT2D eigenvalue weighted by molar-refractivity contribution is 7.17. The maximum absolute atomic E-state index is 13.0. The number of hydrogen-bond donors (Lipinski definition) is 0. The van der Waals surface area contributed by atoms with Gasteiger partial charge in [-0.2, -0.15) is 13.2 Å². The largest absolute Gasteiger partial charge is 0.466 e. The first kappa shape index (κ1) is 22.8. The standard InChI is InChI=1S/C19H19F3N2O6S/c1-3-28-16(25)12-8-24(9-13(12)17(26)29-4-2)14-6-5-10(31-14)7-11-15(19(20,21)22)23-30-18(11)27/h5-7,12-13H,3-4,8-9H2,1-2H3/t12-,13+. The van der Waals surface area contributed by atoms with Gasteiger partial charge in [-0.1, -0.05) is 5.16 Å². The number of nitrogens with zero attached hydrogens (tertiary/aromatic N) is 2. The van der Waals surface area contributed by atoms with Gasteiger partial charge >= 0.3 is 24.1 Å². The zero-order valence-electron chi connectivity index (χ0n) is 16.6. The van der Waals surface area contributed by atoms with Gasteiger partial charge in [0.2, 0.25) is 0 Å². The average Bonchev–Trinajstić information content (AvgIpc) is 3.41. The van der Waals surface area contributed by atoms with Crippen LogP contribution >= 0.6 is 11.3 Å². The van der Waals surface area contributed by atoms with Crippen LogP contribution in [0.25, 0.3) is 6.08 Å². The quantitative estimate of drug-likeness (QED) is 0.366. The van der Waals surface area contributed by atoms with Crippen LogP contribution in [0.15, 0.2) is 22.9 Å². The molecule has 1 fully saturated rings. The van der Waals surface area contributed by atoms with Crippen molar-refractivity contribution in [2.24, 2.45) is 17.0 Å². The number of rotatable bonds is 6. The van der Waals surface area contributed by atoms with Gasteiger partial charge in [-0.25, -0.2) is 4.79 Å². The Morgan fingerprint density at radius 1 is 1.19 bits per heavy atom. The molecule has 12 heteroatoms. The van der Waals surface area contributed by atoms with E-state index in [1.807, 2.05) is 0 Å². The smallest absolute Gasteiger partial charge is 0.437 e. The van der Waals surface area contributed by atoms with Crippen molar-refractivity contribution in [1.82, 2.24) is 0 Å². The van der Waals surface area contributed by atoms with E-state index in [0.717, 1.165) is 17.4 Å². The molecule has 2 atom stereocenters. The molecule has 3 heterocycles. The summed E-state index contributed by atoms with van der Waals surface area (Å²) in [5.74, 6) is -3.66. The number of oxime groups is 1. The van der Waals surface area contributed by atoms with E-state index in [-0.39, 0.29) is 26.3 Å². The zero-order chi connectivity index (χ0) is 22.8. The van der Waals surface area contributed by atoms with Crippen molar-refractivity contribution in [1.29, 1.82) is 0 Å². The molecule has 8 nitrogen and oxygen atoms in total. The van der Waals surface area contributed by atoms with Crippen LogP contribution in [0.4, 0.5) is 18.2 Å². The van der Waals surface area contributed by atoms with Crippen LogP contribution in [-0.4, -0.2) is 56.1 Å². The lowest BCUT2D eigenvalue weighted by Gasteiger charge is -2.15. The summed E-state index contributed by atoms with van der Waals surface area (Å²) in [7, 11) is 0. The molecule has 0 radical (unpaired) electrons. The van der Waals surface area contributed by atoms with Gasteiger partial charge in [0, 0.05) is 18.0 Å². The fraction of sp³-hybridized carbons (Fsp3) is 0.474. The Kier molecular flexibility index (Phi) is 6.68. The number of hydrogen-bond acceptors (Lipinski definition) is 9. The molecule has 0 bridgehead atoms. The highest BCUT2D eigenvalue weighted by Gasteiger charge is 2.46. The summed E-state index contributed by atoms with van der Waals surface area (Å²) in [6, 6.07) is 3.17. The molecule has 3 rings (SSSR count). The van der Waals surface area contributed by atoms with Crippen LogP contribution in [0, 0.1) is 11.8 Å². The predicted molar refractivity (Wildman–Crippen MR) is 104 cm³/mol. The maximum Gasteiger partial charge on any atom is 0.437 e. The molecule has 1 aromatic rings. The number of thiophene rings is 1. The second-order valence-corrected chi connectivity index (χ2v) is 7.77.